The van der Waals surface area contributed by atoms with E-state index in [1.54, 1.807) is 37.4 Å². The molecule has 1 aliphatic rings. The largest absolute Gasteiger partial charge is 0.497 e. The van der Waals surface area contributed by atoms with Crippen molar-refractivity contribution in [3.63, 3.8) is 0 Å². The van der Waals surface area contributed by atoms with E-state index in [1.807, 2.05) is 21.9 Å². The number of aromatic carboxylic acids is 1. The van der Waals surface area contributed by atoms with E-state index in [4.69, 9.17) is 4.74 Å². The van der Waals surface area contributed by atoms with Gasteiger partial charge in [0.05, 0.1) is 12.8 Å². The normalized spacial score (nSPS) is 13.9. The second kappa shape index (κ2) is 8.36. The van der Waals surface area contributed by atoms with E-state index in [2.05, 4.69) is 9.97 Å². The molecule has 1 saturated heterocycles. The molecular weight excluding hydrogens is 387 g/mol. The molecule has 1 aromatic heterocycles. The lowest BCUT2D eigenvalue weighted by atomic mass is 10.2. The van der Waals surface area contributed by atoms with Crippen LogP contribution in [-0.2, 0) is 0 Å². The van der Waals surface area contributed by atoms with Crippen LogP contribution in [0.4, 0.5) is 15.9 Å². The van der Waals surface area contributed by atoms with Crippen molar-refractivity contribution >= 4 is 17.5 Å². The summed E-state index contributed by atoms with van der Waals surface area (Å²) in [7, 11) is 1.59. The van der Waals surface area contributed by atoms with Gasteiger partial charge in [-0.15, -0.1) is 0 Å². The molecule has 0 bridgehead atoms. The highest BCUT2D eigenvalue weighted by Gasteiger charge is 2.25. The van der Waals surface area contributed by atoms with Gasteiger partial charge in [-0.1, -0.05) is 12.1 Å². The lowest BCUT2D eigenvalue weighted by Crippen LogP contribution is -2.47. The Morgan fingerprint density at radius 2 is 1.70 bits per heavy atom. The first-order valence-corrected chi connectivity index (χ1v) is 9.56. The maximum Gasteiger partial charge on any atom is 0.341 e. The van der Waals surface area contributed by atoms with E-state index in [0.717, 1.165) is 5.56 Å². The number of rotatable bonds is 5. The first-order chi connectivity index (χ1) is 14.6. The van der Waals surface area contributed by atoms with Gasteiger partial charge in [0.25, 0.3) is 0 Å². The molecule has 8 heteroatoms. The summed E-state index contributed by atoms with van der Waals surface area (Å²) in [6.45, 7) is 2.16. The quantitative estimate of drug-likeness (QED) is 0.694. The maximum absolute atomic E-state index is 14.1. The predicted molar refractivity (Wildman–Crippen MR) is 112 cm³/mol. The van der Waals surface area contributed by atoms with E-state index in [9.17, 15) is 14.3 Å². The Bertz CT molecular complexity index is 1050. The summed E-state index contributed by atoms with van der Waals surface area (Å²) in [4.78, 5) is 24.4. The Morgan fingerprint density at radius 1 is 1.03 bits per heavy atom. The van der Waals surface area contributed by atoms with E-state index in [1.165, 1.54) is 12.3 Å². The molecule has 0 spiro atoms. The molecule has 0 saturated carbocycles. The molecule has 3 aromatic rings. The van der Waals surface area contributed by atoms with Crippen LogP contribution in [-0.4, -0.2) is 54.3 Å². The predicted octanol–water partition coefficient (Wildman–Crippen LogP) is 3.32. The monoisotopic (exact) mass is 408 g/mol. The molecule has 1 aliphatic heterocycles. The number of carbonyl (C=O) groups is 1. The number of carboxylic acid groups (broad SMARTS) is 1. The number of halogens is 1. The number of methoxy groups -OCH3 is 1. The van der Waals surface area contributed by atoms with Crippen molar-refractivity contribution in [1.82, 2.24) is 9.97 Å². The van der Waals surface area contributed by atoms with Gasteiger partial charge in [-0.25, -0.2) is 19.2 Å². The van der Waals surface area contributed by atoms with Gasteiger partial charge in [0.2, 0.25) is 0 Å². The minimum absolute atomic E-state index is 0.0478. The van der Waals surface area contributed by atoms with Gasteiger partial charge in [-0.2, -0.15) is 0 Å². The van der Waals surface area contributed by atoms with Gasteiger partial charge >= 0.3 is 5.97 Å². The van der Waals surface area contributed by atoms with Crippen LogP contribution in [0.5, 0.6) is 5.75 Å². The average Bonchev–Trinajstić information content (AvgIpc) is 2.79. The van der Waals surface area contributed by atoms with Crippen LogP contribution >= 0.6 is 0 Å². The molecule has 7 nitrogen and oxygen atoms in total. The number of hydrogen-bond donors (Lipinski definition) is 1. The molecule has 30 heavy (non-hydrogen) atoms. The average molecular weight is 408 g/mol. The molecule has 2 aromatic carbocycles. The lowest BCUT2D eigenvalue weighted by molar-refractivity contribution is 0.0696. The standard InChI is InChI=1S/C22H21FN4O3/c1-30-16-8-6-15(7-9-16)20-24-14-17(22(28)29)21(25-20)27-12-10-26(11-13-27)19-5-3-2-4-18(19)23/h2-9,14H,10-13H2,1H3,(H,28,29). The van der Waals surface area contributed by atoms with Crippen molar-refractivity contribution < 1.29 is 19.0 Å². The Morgan fingerprint density at radius 3 is 2.33 bits per heavy atom. The summed E-state index contributed by atoms with van der Waals surface area (Å²) < 4.78 is 19.3. The number of para-hydroxylation sites is 1. The van der Waals surface area contributed by atoms with Crippen LogP contribution < -0.4 is 14.5 Å². The molecule has 0 radical (unpaired) electrons. The highest BCUT2D eigenvalue weighted by molar-refractivity contribution is 5.93. The Kier molecular flexibility index (Phi) is 5.47. The number of aromatic nitrogens is 2. The van der Waals surface area contributed by atoms with Crippen molar-refractivity contribution in [3.8, 4) is 17.1 Å². The topological polar surface area (TPSA) is 78.8 Å². The maximum atomic E-state index is 14.1. The van der Waals surface area contributed by atoms with E-state index in [-0.39, 0.29) is 11.4 Å². The van der Waals surface area contributed by atoms with Gasteiger partial charge in [0, 0.05) is 37.9 Å². The number of piperazine rings is 1. The molecule has 0 unspecified atom stereocenters. The van der Waals surface area contributed by atoms with E-state index < -0.39 is 5.97 Å². The number of anilines is 2. The van der Waals surface area contributed by atoms with Crippen molar-refractivity contribution in [2.24, 2.45) is 0 Å². The van der Waals surface area contributed by atoms with Crippen molar-refractivity contribution in [1.29, 1.82) is 0 Å². The molecule has 0 aliphatic carbocycles. The third kappa shape index (κ3) is 3.89. The van der Waals surface area contributed by atoms with Crippen molar-refractivity contribution in [2.75, 3.05) is 43.1 Å². The number of ether oxygens (including phenoxy) is 1. The Balaban J connectivity index is 1.59. The fraction of sp³-hybridized carbons (Fsp3) is 0.227. The second-order valence-corrected chi connectivity index (χ2v) is 6.89. The number of carboxylic acids is 1. The lowest BCUT2D eigenvalue weighted by Gasteiger charge is -2.37. The molecule has 154 valence electrons. The molecule has 0 amide bonds. The van der Waals surface area contributed by atoms with Crippen LogP contribution in [0.1, 0.15) is 10.4 Å². The van der Waals surface area contributed by atoms with Crippen LogP contribution in [0.3, 0.4) is 0 Å². The van der Waals surface area contributed by atoms with Crippen molar-refractivity contribution in [3.05, 3.63) is 66.1 Å². The van der Waals surface area contributed by atoms with E-state index >= 15 is 0 Å². The van der Waals surface area contributed by atoms with Gasteiger partial charge in [-0.05, 0) is 36.4 Å². The minimum Gasteiger partial charge on any atom is -0.497 e. The Labute approximate surface area is 173 Å². The van der Waals surface area contributed by atoms with Gasteiger partial charge in [-0.3, -0.25) is 0 Å². The molecule has 1 N–H and O–H groups in total. The Hall–Kier alpha value is -3.68. The third-order valence-corrected chi connectivity index (χ3v) is 5.12. The van der Waals surface area contributed by atoms with Crippen molar-refractivity contribution in [2.45, 2.75) is 0 Å². The first-order valence-electron chi connectivity index (χ1n) is 9.56. The zero-order valence-electron chi connectivity index (χ0n) is 16.5. The van der Waals surface area contributed by atoms with Gasteiger partial charge in [0.15, 0.2) is 5.82 Å². The summed E-state index contributed by atoms with van der Waals surface area (Å²) in [6, 6.07) is 13.9. The van der Waals surface area contributed by atoms with Crippen LogP contribution in [0.25, 0.3) is 11.4 Å². The van der Waals surface area contributed by atoms with Gasteiger partial charge < -0.3 is 19.6 Å². The summed E-state index contributed by atoms with van der Waals surface area (Å²) >= 11 is 0. The summed E-state index contributed by atoms with van der Waals surface area (Å²) in [6.07, 6.45) is 1.34. The zero-order valence-corrected chi connectivity index (χ0v) is 16.5. The van der Waals surface area contributed by atoms with Crippen LogP contribution in [0, 0.1) is 5.82 Å². The second-order valence-electron chi connectivity index (χ2n) is 6.89. The minimum atomic E-state index is -1.08. The fourth-order valence-corrected chi connectivity index (χ4v) is 3.51. The number of nitrogens with zero attached hydrogens (tertiary/aromatic N) is 4. The smallest absolute Gasteiger partial charge is 0.341 e. The highest BCUT2D eigenvalue weighted by Crippen LogP contribution is 2.26. The van der Waals surface area contributed by atoms with Gasteiger partial charge in [0.1, 0.15) is 22.9 Å². The molecular formula is C22H21FN4O3. The molecule has 1 fully saturated rings. The first kappa shape index (κ1) is 19.6. The van der Waals surface area contributed by atoms with Crippen LogP contribution in [0.2, 0.25) is 0 Å². The molecule has 4 rings (SSSR count). The number of benzene rings is 2. The SMILES string of the molecule is COc1ccc(-c2ncc(C(=O)O)c(N3CCN(c4ccccc4F)CC3)n2)cc1. The molecule has 0 atom stereocenters. The fourth-order valence-electron chi connectivity index (χ4n) is 3.51. The summed E-state index contributed by atoms with van der Waals surface area (Å²) in [5.41, 5.74) is 1.36. The third-order valence-electron chi connectivity index (χ3n) is 5.12. The summed E-state index contributed by atoms with van der Waals surface area (Å²) in [5, 5.41) is 9.61. The zero-order chi connectivity index (χ0) is 21.1. The molecule has 2 heterocycles. The van der Waals surface area contributed by atoms with E-state index in [0.29, 0.717) is 49.3 Å². The number of hydrogen-bond acceptors (Lipinski definition) is 6. The highest BCUT2D eigenvalue weighted by atomic mass is 19.1. The summed E-state index contributed by atoms with van der Waals surface area (Å²) in [5.74, 6) is 0.180. The van der Waals surface area contributed by atoms with Crippen LogP contribution in [0.15, 0.2) is 54.7 Å².